The van der Waals surface area contributed by atoms with E-state index in [-0.39, 0.29) is 18.1 Å². The van der Waals surface area contributed by atoms with E-state index >= 15 is 0 Å². The Labute approximate surface area is 101 Å². The van der Waals surface area contributed by atoms with Gasteiger partial charge < -0.3 is 10.4 Å². The van der Waals surface area contributed by atoms with Gasteiger partial charge in [0.25, 0.3) is 0 Å². The normalized spacial score (nSPS) is 13.5. The standard InChI is InChI=1S/C13H16N2O2/c1-3-13(2,9-14)15-12(17)8-10-6-4-5-7-11(10)16/h4-7,16H,3,8H2,1-2H3,(H,15,17). The number of carbonyl (C=O) groups is 1. The predicted molar refractivity (Wildman–Crippen MR) is 64.3 cm³/mol. The molecule has 0 radical (unpaired) electrons. The first-order valence-corrected chi connectivity index (χ1v) is 5.50. The van der Waals surface area contributed by atoms with E-state index in [0.717, 1.165) is 0 Å². The number of aromatic hydroxyl groups is 1. The van der Waals surface area contributed by atoms with Gasteiger partial charge in [0.2, 0.25) is 5.91 Å². The molecule has 0 fully saturated rings. The van der Waals surface area contributed by atoms with Crippen LogP contribution in [-0.2, 0) is 11.2 Å². The van der Waals surface area contributed by atoms with E-state index in [1.807, 2.05) is 6.92 Å². The molecule has 1 unspecified atom stereocenters. The van der Waals surface area contributed by atoms with Crippen molar-refractivity contribution in [1.29, 1.82) is 5.26 Å². The number of hydrogen-bond acceptors (Lipinski definition) is 3. The Kier molecular flexibility index (Phi) is 4.11. The van der Waals surface area contributed by atoms with Crippen LogP contribution in [0.4, 0.5) is 0 Å². The van der Waals surface area contributed by atoms with Crippen LogP contribution < -0.4 is 5.32 Å². The summed E-state index contributed by atoms with van der Waals surface area (Å²) in [6.07, 6.45) is 0.611. The molecule has 4 nitrogen and oxygen atoms in total. The smallest absolute Gasteiger partial charge is 0.225 e. The number of para-hydroxylation sites is 1. The van der Waals surface area contributed by atoms with Crippen molar-refractivity contribution in [3.05, 3.63) is 29.8 Å². The van der Waals surface area contributed by atoms with Crippen LogP contribution in [-0.4, -0.2) is 16.6 Å². The van der Waals surface area contributed by atoms with E-state index in [2.05, 4.69) is 11.4 Å². The van der Waals surface area contributed by atoms with Gasteiger partial charge in [-0.2, -0.15) is 5.26 Å². The van der Waals surface area contributed by atoms with Gasteiger partial charge in [-0.25, -0.2) is 0 Å². The lowest BCUT2D eigenvalue weighted by Crippen LogP contribution is -2.44. The van der Waals surface area contributed by atoms with Crippen LogP contribution in [0.25, 0.3) is 0 Å². The summed E-state index contributed by atoms with van der Waals surface area (Å²) in [6.45, 7) is 3.51. The molecular weight excluding hydrogens is 216 g/mol. The molecule has 1 aromatic carbocycles. The highest BCUT2D eigenvalue weighted by molar-refractivity contribution is 5.80. The van der Waals surface area contributed by atoms with Crippen LogP contribution >= 0.6 is 0 Å². The first-order valence-electron chi connectivity index (χ1n) is 5.50. The molecule has 0 aromatic heterocycles. The number of amides is 1. The van der Waals surface area contributed by atoms with Crippen molar-refractivity contribution in [2.45, 2.75) is 32.2 Å². The Morgan fingerprint density at radius 3 is 2.71 bits per heavy atom. The fourth-order valence-corrected chi connectivity index (χ4v) is 1.38. The molecule has 17 heavy (non-hydrogen) atoms. The molecular formula is C13H16N2O2. The zero-order valence-electron chi connectivity index (χ0n) is 10.0. The van der Waals surface area contributed by atoms with Gasteiger partial charge in [0.1, 0.15) is 11.3 Å². The Morgan fingerprint density at radius 2 is 2.18 bits per heavy atom. The van der Waals surface area contributed by atoms with Crippen molar-refractivity contribution < 1.29 is 9.90 Å². The number of carbonyl (C=O) groups excluding carboxylic acids is 1. The topological polar surface area (TPSA) is 73.1 Å². The molecule has 2 N–H and O–H groups in total. The Hall–Kier alpha value is -2.02. The molecule has 4 heteroatoms. The molecule has 1 aromatic rings. The summed E-state index contributed by atoms with van der Waals surface area (Å²) < 4.78 is 0. The minimum atomic E-state index is -0.846. The molecule has 0 aliphatic rings. The zero-order chi connectivity index (χ0) is 12.9. The molecule has 0 saturated carbocycles. The third-order valence-corrected chi connectivity index (χ3v) is 2.71. The number of rotatable bonds is 4. The summed E-state index contributed by atoms with van der Waals surface area (Å²) in [5, 5.41) is 21.1. The Morgan fingerprint density at radius 1 is 1.53 bits per heavy atom. The Bertz CT molecular complexity index is 451. The van der Waals surface area contributed by atoms with Gasteiger partial charge in [0, 0.05) is 5.56 Å². The van der Waals surface area contributed by atoms with Gasteiger partial charge >= 0.3 is 0 Å². The summed E-state index contributed by atoms with van der Waals surface area (Å²) in [5.74, 6) is -0.171. The molecule has 1 rings (SSSR count). The average molecular weight is 232 g/mol. The number of nitriles is 1. The lowest BCUT2D eigenvalue weighted by Gasteiger charge is -2.21. The maximum Gasteiger partial charge on any atom is 0.225 e. The van der Waals surface area contributed by atoms with E-state index in [1.165, 1.54) is 6.07 Å². The number of phenolic OH excluding ortho intramolecular Hbond substituents is 1. The summed E-state index contributed by atoms with van der Waals surface area (Å²) in [6, 6.07) is 8.74. The zero-order valence-corrected chi connectivity index (χ0v) is 10.0. The van der Waals surface area contributed by atoms with Gasteiger partial charge in [0.05, 0.1) is 12.5 Å². The monoisotopic (exact) mass is 232 g/mol. The summed E-state index contributed by atoms with van der Waals surface area (Å²) in [4.78, 5) is 11.7. The maximum absolute atomic E-state index is 11.7. The van der Waals surface area contributed by atoms with Crippen molar-refractivity contribution in [3.63, 3.8) is 0 Å². The van der Waals surface area contributed by atoms with E-state index in [9.17, 15) is 9.90 Å². The van der Waals surface area contributed by atoms with Crippen LogP contribution in [0.2, 0.25) is 0 Å². The molecule has 1 atom stereocenters. The second-order valence-corrected chi connectivity index (χ2v) is 4.15. The van der Waals surface area contributed by atoms with Crippen LogP contribution in [0.1, 0.15) is 25.8 Å². The van der Waals surface area contributed by atoms with E-state index in [0.29, 0.717) is 12.0 Å². The number of hydrogen-bond donors (Lipinski definition) is 2. The minimum absolute atomic E-state index is 0.0734. The molecule has 0 saturated heterocycles. The maximum atomic E-state index is 11.7. The van der Waals surface area contributed by atoms with Crippen molar-refractivity contribution in [1.82, 2.24) is 5.32 Å². The summed E-state index contributed by atoms with van der Waals surface area (Å²) >= 11 is 0. The first-order chi connectivity index (χ1) is 8.00. The van der Waals surface area contributed by atoms with Crippen molar-refractivity contribution >= 4 is 5.91 Å². The van der Waals surface area contributed by atoms with E-state index in [1.54, 1.807) is 25.1 Å². The van der Waals surface area contributed by atoms with E-state index in [4.69, 9.17) is 5.26 Å². The van der Waals surface area contributed by atoms with Crippen LogP contribution in [0.3, 0.4) is 0 Å². The Balaban J connectivity index is 2.69. The van der Waals surface area contributed by atoms with Gasteiger partial charge in [-0.05, 0) is 19.4 Å². The van der Waals surface area contributed by atoms with Gasteiger partial charge in [-0.15, -0.1) is 0 Å². The molecule has 0 aliphatic heterocycles. The highest BCUT2D eigenvalue weighted by Gasteiger charge is 2.23. The van der Waals surface area contributed by atoms with Gasteiger partial charge in [-0.1, -0.05) is 25.1 Å². The van der Waals surface area contributed by atoms with E-state index < -0.39 is 5.54 Å². The van der Waals surface area contributed by atoms with Crippen LogP contribution in [0.5, 0.6) is 5.75 Å². The number of benzene rings is 1. The van der Waals surface area contributed by atoms with Crippen molar-refractivity contribution in [3.8, 4) is 11.8 Å². The highest BCUT2D eigenvalue weighted by atomic mass is 16.3. The van der Waals surface area contributed by atoms with Crippen LogP contribution in [0, 0.1) is 11.3 Å². The predicted octanol–water partition coefficient (Wildman–Crippen LogP) is 1.74. The number of nitrogens with zero attached hydrogens (tertiary/aromatic N) is 1. The quantitative estimate of drug-likeness (QED) is 0.830. The van der Waals surface area contributed by atoms with Gasteiger partial charge in [0.15, 0.2) is 0 Å². The SMILES string of the molecule is CCC(C)(C#N)NC(=O)Cc1ccccc1O. The summed E-state index contributed by atoms with van der Waals surface area (Å²) in [5.41, 5.74) is -0.289. The second-order valence-electron chi connectivity index (χ2n) is 4.15. The molecule has 0 bridgehead atoms. The molecule has 0 spiro atoms. The fraction of sp³-hybridized carbons (Fsp3) is 0.385. The number of phenols is 1. The molecule has 0 heterocycles. The summed E-state index contributed by atoms with van der Waals surface area (Å²) in [7, 11) is 0. The largest absolute Gasteiger partial charge is 0.508 e. The highest BCUT2D eigenvalue weighted by Crippen LogP contribution is 2.16. The average Bonchev–Trinajstić information content (AvgIpc) is 2.32. The first kappa shape index (κ1) is 13.0. The fourth-order valence-electron chi connectivity index (χ4n) is 1.38. The molecule has 0 aliphatic carbocycles. The molecule has 90 valence electrons. The third-order valence-electron chi connectivity index (χ3n) is 2.71. The second kappa shape index (κ2) is 5.35. The van der Waals surface area contributed by atoms with Crippen molar-refractivity contribution in [2.75, 3.05) is 0 Å². The van der Waals surface area contributed by atoms with Crippen molar-refractivity contribution in [2.24, 2.45) is 0 Å². The van der Waals surface area contributed by atoms with Crippen LogP contribution in [0.15, 0.2) is 24.3 Å². The van der Waals surface area contributed by atoms with Gasteiger partial charge in [-0.3, -0.25) is 4.79 Å². The lowest BCUT2D eigenvalue weighted by molar-refractivity contribution is -0.121. The molecule has 1 amide bonds. The lowest BCUT2D eigenvalue weighted by atomic mass is 10.0. The third kappa shape index (κ3) is 3.49. The minimum Gasteiger partial charge on any atom is -0.508 e. The number of nitrogens with one attached hydrogen (secondary N) is 1.